The van der Waals surface area contributed by atoms with E-state index in [1.807, 2.05) is 25.7 Å². The van der Waals surface area contributed by atoms with Crippen molar-refractivity contribution < 1.29 is 22.7 Å². The van der Waals surface area contributed by atoms with Crippen LogP contribution in [0.5, 0.6) is 0 Å². The van der Waals surface area contributed by atoms with Crippen LogP contribution < -0.4 is 0 Å². The number of morpholine rings is 1. The number of aromatic nitrogens is 2. The van der Waals surface area contributed by atoms with E-state index in [1.54, 1.807) is 42.1 Å². The van der Waals surface area contributed by atoms with E-state index in [9.17, 15) is 13.2 Å². The molecule has 1 aromatic carbocycles. The van der Waals surface area contributed by atoms with Gasteiger partial charge in [-0.2, -0.15) is 0 Å². The molecule has 1 aromatic heterocycles. The number of carbonyl (C=O) groups is 1. The van der Waals surface area contributed by atoms with Crippen molar-refractivity contribution in [2.24, 2.45) is 5.41 Å². The van der Waals surface area contributed by atoms with Crippen molar-refractivity contribution in [3.8, 4) is 0 Å². The molecule has 1 fully saturated rings. The zero-order valence-corrected chi connectivity index (χ0v) is 23.9. The number of ether oxygens (including phenoxy) is 2. The smallest absolute Gasteiger partial charge is 0.228 e. The molecule has 1 aliphatic heterocycles. The lowest BCUT2D eigenvalue weighted by Crippen LogP contribution is -2.43. The zero-order valence-electron chi connectivity index (χ0n) is 22.3. The summed E-state index contributed by atoms with van der Waals surface area (Å²) in [5, 5.41) is 0.347. The first kappa shape index (κ1) is 29.6. The van der Waals surface area contributed by atoms with Gasteiger partial charge in [0.25, 0.3) is 0 Å². The van der Waals surface area contributed by atoms with Crippen LogP contribution in [0.15, 0.2) is 35.6 Å². The molecule has 9 nitrogen and oxygen atoms in total. The van der Waals surface area contributed by atoms with Crippen molar-refractivity contribution in [1.29, 1.82) is 0 Å². The number of amides is 1. The topological polar surface area (TPSA) is 94.0 Å². The highest BCUT2D eigenvalue weighted by atomic mass is 35.5. The molecule has 2 heterocycles. The first-order valence-electron chi connectivity index (χ1n) is 12.6. The number of rotatable bonds is 12. The highest BCUT2D eigenvalue weighted by Crippen LogP contribution is 2.24. The maximum atomic E-state index is 13.4. The number of hydrogen-bond donors (Lipinski definition) is 0. The van der Waals surface area contributed by atoms with E-state index in [1.165, 1.54) is 0 Å². The second-order valence-corrected chi connectivity index (χ2v) is 12.8. The fraction of sp³-hybridized carbons (Fsp3) is 0.615. The van der Waals surface area contributed by atoms with E-state index in [2.05, 4.69) is 9.88 Å². The lowest BCUT2D eigenvalue weighted by atomic mass is 9.91. The minimum atomic E-state index is -3.80. The third kappa shape index (κ3) is 8.78. The number of imidazole rings is 1. The first-order chi connectivity index (χ1) is 17.5. The monoisotopic (exact) mass is 554 g/mol. The highest BCUT2D eigenvalue weighted by Gasteiger charge is 2.28. The molecule has 3 rings (SSSR count). The number of nitrogens with zero attached hydrogens (tertiary/aromatic N) is 4. The third-order valence-electron chi connectivity index (χ3n) is 6.18. The number of carbonyl (C=O) groups excluding carboxylic acids is 1. The second kappa shape index (κ2) is 13.2. The fourth-order valence-corrected chi connectivity index (χ4v) is 6.04. The summed E-state index contributed by atoms with van der Waals surface area (Å²) in [5.41, 5.74) is 0.993. The van der Waals surface area contributed by atoms with E-state index in [0.29, 0.717) is 55.6 Å². The van der Waals surface area contributed by atoms with Gasteiger partial charge in [0.15, 0.2) is 0 Å². The van der Waals surface area contributed by atoms with E-state index < -0.39 is 9.84 Å². The van der Waals surface area contributed by atoms with Crippen molar-refractivity contribution in [2.45, 2.75) is 51.2 Å². The molecule has 1 aliphatic rings. The van der Waals surface area contributed by atoms with E-state index in [4.69, 9.17) is 21.1 Å². The summed E-state index contributed by atoms with van der Waals surface area (Å²) in [4.78, 5) is 21.7. The number of methoxy groups -OCH3 is 1. The normalized spacial score (nSPS) is 15.2. The minimum Gasteiger partial charge on any atom is -0.383 e. The van der Waals surface area contributed by atoms with Crippen molar-refractivity contribution in [2.75, 3.05) is 53.1 Å². The van der Waals surface area contributed by atoms with E-state index in [0.717, 1.165) is 19.6 Å². The number of sulfone groups is 1. The summed E-state index contributed by atoms with van der Waals surface area (Å²) in [6.45, 7) is 11.3. The number of hydrogen-bond acceptors (Lipinski definition) is 7. The Balaban J connectivity index is 1.87. The lowest BCUT2D eigenvalue weighted by molar-refractivity contribution is -0.134. The third-order valence-corrected chi connectivity index (χ3v) is 8.12. The van der Waals surface area contributed by atoms with Crippen LogP contribution in [0.25, 0.3) is 0 Å². The van der Waals surface area contributed by atoms with Gasteiger partial charge in [-0.25, -0.2) is 13.4 Å². The predicted octanol–water partition coefficient (Wildman–Crippen LogP) is 3.25. The molecular formula is C26H39ClN4O5S. The summed E-state index contributed by atoms with van der Waals surface area (Å²) < 4.78 is 39.2. The highest BCUT2D eigenvalue weighted by molar-refractivity contribution is 7.90. The summed E-state index contributed by atoms with van der Waals surface area (Å²) in [6, 6.07) is 6.88. The molecule has 0 atom stereocenters. The Labute approximate surface area is 225 Å². The fourth-order valence-electron chi connectivity index (χ4n) is 4.21. The molecule has 0 N–H and O–H groups in total. The van der Waals surface area contributed by atoms with Gasteiger partial charge in [-0.15, -0.1) is 0 Å². The Morgan fingerprint density at radius 3 is 2.54 bits per heavy atom. The quantitative estimate of drug-likeness (QED) is 0.397. The van der Waals surface area contributed by atoms with Crippen molar-refractivity contribution in [3.63, 3.8) is 0 Å². The van der Waals surface area contributed by atoms with Crippen LogP contribution in [0.1, 0.15) is 38.4 Å². The number of halogens is 1. The minimum absolute atomic E-state index is 0.0284. The van der Waals surface area contributed by atoms with Crippen LogP contribution >= 0.6 is 11.6 Å². The van der Waals surface area contributed by atoms with Crippen LogP contribution in [-0.4, -0.2) is 86.8 Å². The summed E-state index contributed by atoms with van der Waals surface area (Å²) >= 11 is 6.23. The van der Waals surface area contributed by atoms with Gasteiger partial charge in [-0.3, -0.25) is 9.69 Å². The lowest BCUT2D eigenvalue weighted by Gasteiger charge is -2.31. The Hall–Kier alpha value is -1.98. The van der Waals surface area contributed by atoms with Gasteiger partial charge in [0, 0.05) is 51.3 Å². The molecule has 0 aliphatic carbocycles. The van der Waals surface area contributed by atoms with Gasteiger partial charge in [0.1, 0.15) is 0 Å². The van der Waals surface area contributed by atoms with E-state index in [-0.39, 0.29) is 28.8 Å². The van der Waals surface area contributed by atoms with Gasteiger partial charge >= 0.3 is 0 Å². The summed E-state index contributed by atoms with van der Waals surface area (Å²) in [5.74, 6) is -0.236. The first-order valence-corrected chi connectivity index (χ1v) is 14.6. The molecular weight excluding hydrogens is 516 g/mol. The molecule has 0 bridgehead atoms. The molecule has 1 saturated heterocycles. The number of benzene rings is 1. The molecule has 11 heteroatoms. The Morgan fingerprint density at radius 1 is 1.19 bits per heavy atom. The molecule has 2 aromatic rings. The Kier molecular flexibility index (Phi) is 10.5. The van der Waals surface area contributed by atoms with Crippen LogP contribution in [-0.2, 0) is 42.9 Å². The van der Waals surface area contributed by atoms with Gasteiger partial charge in [-0.05, 0) is 17.0 Å². The molecule has 0 spiro atoms. The van der Waals surface area contributed by atoms with Crippen molar-refractivity contribution >= 4 is 27.3 Å². The second-order valence-electron chi connectivity index (χ2n) is 10.5. The van der Waals surface area contributed by atoms with Crippen molar-refractivity contribution in [3.05, 3.63) is 46.7 Å². The SMILES string of the molecule is COCCn1c(CN(CCN2CCOCC2)C(=O)CC(C)(C)C)cnc1S(=O)(=O)Cc1ccccc1Cl. The van der Waals surface area contributed by atoms with Gasteiger partial charge in [-0.1, -0.05) is 50.6 Å². The Bertz CT molecular complexity index is 1140. The zero-order chi connectivity index (χ0) is 27.1. The van der Waals surface area contributed by atoms with Crippen LogP contribution in [0.4, 0.5) is 0 Å². The van der Waals surface area contributed by atoms with Gasteiger partial charge in [0.05, 0.1) is 44.0 Å². The summed E-state index contributed by atoms with van der Waals surface area (Å²) in [6.07, 6.45) is 1.95. The molecule has 1 amide bonds. The van der Waals surface area contributed by atoms with Crippen LogP contribution in [0, 0.1) is 5.41 Å². The maximum Gasteiger partial charge on any atom is 0.228 e. The average molecular weight is 555 g/mol. The Morgan fingerprint density at radius 2 is 1.89 bits per heavy atom. The average Bonchev–Trinajstić information content (AvgIpc) is 3.24. The van der Waals surface area contributed by atoms with Gasteiger partial charge < -0.3 is 18.9 Å². The van der Waals surface area contributed by atoms with Crippen molar-refractivity contribution in [1.82, 2.24) is 19.4 Å². The summed E-state index contributed by atoms with van der Waals surface area (Å²) in [7, 11) is -2.24. The predicted molar refractivity (Wildman–Crippen MR) is 143 cm³/mol. The molecule has 0 unspecified atom stereocenters. The molecule has 206 valence electrons. The molecule has 0 radical (unpaired) electrons. The van der Waals surface area contributed by atoms with Crippen LogP contribution in [0.3, 0.4) is 0 Å². The standard InChI is InChI=1S/C26H39ClN4O5S/c1-26(2,3)17-24(32)30(10-9-29-11-15-36-16-12-29)19-22-18-28-25(31(22)13-14-35-4)37(33,34)20-21-7-5-6-8-23(21)27/h5-8,18H,9-17,19-20H2,1-4H3. The van der Waals surface area contributed by atoms with E-state index >= 15 is 0 Å². The van der Waals surface area contributed by atoms with Crippen LogP contribution in [0.2, 0.25) is 5.02 Å². The molecule has 0 saturated carbocycles. The maximum absolute atomic E-state index is 13.4. The van der Waals surface area contributed by atoms with Gasteiger partial charge in [0.2, 0.25) is 20.9 Å². The molecule has 37 heavy (non-hydrogen) atoms. The largest absolute Gasteiger partial charge is 0.383 e.